The first-order chi connectivity index (χ1) is 5.88. The summed E-state index contributed by atoms with van der Waals surface area (Å²) in [4.78, 5) is 0. The van der Waals surface area contributed by atoms with Crippen molar-refractivity contribution < 1.29 is 4.74 Å². The number of nitrogens with zero attached hydrogens (tertiary/aromatic N) is 2. The number of ether oxygens (including phenoxy) is 1. The maximum atomic E-state index is 5.58. The molecule has 0 aromatic carbocycles. The standard InChI is InChI=1S/C8H13N3O/c1-11-7(2-3-10-11)8-6-9-4-5-12-8/h2-3,8-9H,4-6H2,1H3/t8-/m1/s1. The van der Waals surface area contributed by atoms with Crippen molar-refractivity contribution in [3.05, 3.63) is 18.0 Å². The Hall–Kier alpha value is -0.870. The Morgan fingerprint density at radius 2 is 2.67 bits per heavy atom. The van der Waals surface area contributed by atoms with Gasteiger partial charge in [-0.3, -0.25) is 4.68 Å². The molecule has 2 heterocycles. The van der Waals surface area contributed by atoms with Crippen LogP contribution in [0.15, 0.2) is 12.3 Å². The molecule has 1 aromatic heterocycles. The normalized spacial score (nSPS) is 24.2. The highest BCUT2D eigenvalue weighted by Gasteiger charge is 2.17. The summed E-state index contributed by atoms with van der Waals surface area (Å²) in [5.41, 5.74) is 1.14. The van der Waals surface area contributed by atoms with Crippen LogP contribution >= 0.6 is 0 Å². The molecular formula is C8H13N3O. The van der Waals surface area contributed by atoms with Gasteiger partial charge in [0.05, 0.1) is 12.3 Å². The lowest BCUT2D eigenvalue weighted by Crippen LogP contribution is -2.34. The second-order valence-corrected chi connectivity index (χ2v) is 2.94. The zero-order chi connectivity index (χ0) is 8.39. The van der Waals surface area contributed by atoms with Crippen molar-refractivity contribution in [3.63, 3.8) is 0 Å². The maximum Gasteiger partial charge on any atom is 0.112 e. The molecule has 1 aliphatic rings. The highest BCUT2D eigenvalue weighted by Crippen LogP contribution is 2.16. The highest BCUT2D eigenvalue weighted by molar-refractivity contribution is 5.05. The van der Waals surface area contributed by atoms with E-state index in [-0.39, 0.29) is 6.10 Å². The third-order valence-corrected chi connectivity index (χ3v) is 2.12. The minimum absolute atomic E-state index is 0.172. The van der Waals surface area contributed by atoms with Crippen LogP contribution in [0.25, 0.3) is 0 Å². The lowest BCUT2D eigenvalue weighted by Gasteiger charge is -2.23. The molecule has 0 aliphatic carbocycles. The van der Waals surface area contributed by atoms with Gasteiger partial charge in [-0.05, 0) is 6.07 Å². The molecule has 0 saturated carbocycles. The van der Waals surface area contributed by atoms with Crippen LogP contribution in [0.4, 0.5) is 0 Å². The van der Waals surface area contributed by atoms with E-state index in [1.165, 1.54) is 0 Å². The van der Waals surface area contributed by atoms with Crippen molar-refractivity contribution in [2.45, 2.75) is 6.10 Å². The van der Waals surface area contributed by atoms with E-state index in [0.717, 1.165) is 25.4 Å². The van der Waals surface area contributed by atoms with Crippen LogP contribution in [-0.4, -0.2) is 29.5 Å². The largest absolute Gasteiger partial charge is 0.369 e. The van der Waals surface area contributed by atoms with Crippen LogP contribution in [0.5, 0.6) is 0 Å². The van der Waals surface area contributed by atoms with Crippen molar-refractivity contribution in [2.24, 2.45) is 7.05 Å². The van der Waals surface area contributed by atoms with E-state index >= 15 is 0 Å². The van der Waals surface area contributed by atoms with Crippen molar-refractivity contribution in [1.82, 2.24) is 15.1 Å². The summed E-state index contributed by atoms with van der Waals surface area (Å²) in [7, 11) is 1.94. The Balaban J connectivity index is 2.13. The van der Waals surface area contributed by atoms with Gasteiger partial charge in [0.1, 0.15) is 6.10 Å². The Bertz CT molecular complexity index is 253. The average molecular weight is 167 g/mol. The van der Waals surface area contributed by atoms with Crippen LogP contribution in [0.3, 0.4) is 0 Å². The molecule has 4 heteroatoms. The van der Waals surface area contributed by atoms with E-state index in [9.17, 15) is 0 Å². The summed E-state index contributed by atoms with van der Waals surface area (Å²) >= 11 is 0. The van der Waals surface area contributed by atoms with Crippen LogP contribution in [0.2, 0.25) is 0 Å². The molecule has 0 unspecified atom stereocenters. The van der Waals surface area contributed by atoms with Gasteiger partial charge in [-0.1, -0.05) is 0 Å². The molecule has 0 bridgehead atoms. The molecule has 2 rings (SSSR count). The molecular weight excluding hydrogens is 154 g/mol. The first-order valence-corrected chi connectivity index (χ1v) is 4.18. The van der Waals surface area contributed by atoms with Crippen molar-refractivity contribution >= 4 is 0 Å². The summed E-state index contributed by atoms with van der Waals surface area (Å²) in [5, 5.41) is 7.38. The topological polar surface area (TPSA) is 39.1 Å². The Kier molecular flexibility index (Phi) is 2.10. The average Bonchev–Trinajstić information content (AvgIpc) is 2.53. The van der Waals surface area contributed by atoms with E-state index in [2.05, 4.69) is 10.4 Å². The summed E-state index contributed by atoms with van der Waals surface area (Å²) in [6, 6.07) is 2.00. The molecule has 4 nitrogen and oxygen atoms in total. The molecule has 1 N–H and O–H groups in total. The lowest BCUT2D eigenvalue weighted by molar-refractivity contribution is 0.0227. The molecule has 66 valence electrons. The third kappa shape index (κ3) is 1.35. The first kappa shape index (κ1) is 7.76. The van der Waals surface area contributed by atoms with Gasteiger partial charge in [0.2, 0.25) is 0 Å². The van der Waals surface area contributed by atoms with Crippen molar-refractivity contribution in [2.75, 3.05) is 19.7 Å². The Labute approximate surface area is 71.5 Å². The van der Waals surface area contributed by atoms with Gasteiger partial charge in [0.25, 0.3) is 0 Å². The molecule has 12 heavy (non-hydrogen) atoms. The van der Waals surface area contributed by atoms with Crippen LogP contribution in [0, 0.1) is 0 Å². The summed E-state index contributed by atoms with van der Waals surface area (Å²) in [5.74, 6) is 0. The fourth-order valence-electron chi connectivity index (χ4n) is 1.46. The summed E-state index contributed by atoms with van der Waals surface area (Å²) in [6.45, 7) is 2.63. The van der Waals surface area contributed by atoms with E-state index < -0.39 is 0 Å². The van der Waals surface area contributed by atoms with Crippen molar-refractivity contribution in [3.8, 4) is 0 Å². The second-order valence-electron chi connectivity index (χ2n) is 2.94. The van der Waals surface area contributed by atoms with Gasteiger partial charge >= 0.3 is 0 Å². The minimum Gasteiger partial charge on any atom is -0.369 e. The maximum absolute atomic E-state index is 5.58. The quantitative estimate of drug-likeness (QED) is 0.644. The number of aryl methyl sites for hydroxylation is 1. The van der Waals surface area contributed by atoms with Gasteiger partial charge in [-0.2, -0.15) is 5.10 Å². The van der Waals surface area contributed by atoms with E-state index in [4.69, 9.17) is 4.74 Å². The summed E-state index contributed by atoms with van der Waals surface area (Å²) < 4.78 is 7.44. The highest BCUT2D eigenvalue weighted by atomic mass is 16.5. The minimum atomic E-state index is 0.172. The molecule has 1 saturated heterocycles. The van der Waals surface area contributed by atoms with E-state index in [0.29, 0.717) is 0 Å². The van der Waals surface area contributed by atoms with Gasteiger partial charge in [-0.15, -0.1) is 0 Å². The molecule has 0 amide bonds. The second kappa shape index (κ2) is 3.25. The van der Waals surface area contributed by atoms with E-state index in [1.807, 2.05) is 17.8 Å². The molecule has 0 radical (unpaired) electrons. The van der Waals surface area contributed by atoms with Crippen LogP contribution in [-0.2, 0) is 11.8 Å². The van der Waals surface area contributed by atoms with Crippen molar-refractivity contribution in [1.29, 1.82) is 0 Å². The lowest BCUT2D eigenvalue weighted by atomic mass is 10.2. The fraction of sp³-hybridized carbons (Fsp3) is 0.625. The monoisotopic (exact) mass is 167 g/mol. The van der Waals surface area contributed by atoms with Crippen LogP contribution in [0.1, 0.15) is 11.8 Å². The van der Waals surface area contributed by atoms with Gasteiger partial charge in [0, 0.05) is 26.3 Å². The number of nitrogens with one attached hydrogen (secondary N) is 1. The van der Waals surface area contributed by atoms with Crippen LogP contribution < -0.4 is 5.32 Å². The van der Waals surface area contributed by atoms with Gasteiger partial charge in [-0.25, -0.2) is 0 Å². The molecule has 1 fully saturated rings. The molecule has 1 atom stereocenters. The first-order valence-electron chi connectivity index (χ1n) is 4.18. The molecule has 1 aromatic rings. The number of aromatic nitrogens is 2. The summed E-state index contributed by atoms with van der Waals surface area (Å²) in [6.07, 6.45) is 1.97. The van der Waals surface area contributed by atoms with E-state index in [1.54, 1.807) is 6.20 Å². The predicted octanol–water partition coefficient (Wildman–Crippen LogP) is 0.0810. The van der Waals surface area contributed by atoms with Gasteiger partial charge in [0.15, 0.2) is 0 Å². The Morgan fingerprint density at radius 3 is 3.25 bits per heavy atom. The number of hydrogen-bond donors (Lipinski definition) is 1. The third-order valence-electron chi connectivity index (χ3n) is 2.12. The zero-order valence-electron chi connectivity index (χ0n) is 7.16. The zero-order valence-corrected chi connectivity index (χ0v) is 7.16. The number of hydrogen-bond acceptors (Lipinski definition) is 3. The number of rotatable bonds is 1. The van der Waals surface area contributed by atoms with Gasteiger partial charge < -0.3 is 10.1 Å². The SMILES string of the molecule is Cn1nccc1[C@H]1CNCCO1. The molecule has 1 aliphatic heterocycles. The fourth-order valence-corrected chi connectivity index (χ4v) is 1.46. The molecule has 0 spiro atoms. The Morgan fingerprint density at radius 1 is 1.75 bits per heavy atom. The number of morpholine rings is 1. The smallest absolute Gasteiger partial charge is 0.112 e. The predicted molar refractivity (Wildman–Crippen MR) is 44.8 cm³/mol.